The van der Waals surface area contributed by atoms with E-state index in [1.165, 1.54) is 29.5 Å². The van der Waals surface area contributed by atoms with E-state index in [1.807, 2.05) is 0 Å². The summed E-state index contributed by atoms with van der Waals surface area (Å²) < 4.78 is 40.9. The number of hydrogen-bond acceptors (Lipinski definition) is 5. The molecule has 0 aliphatic carbocycles. The Labute approximate surface area is 169 Å². The third kappa shape index (κ3) is 3.36. The molecule has 1 aromatic heterocycles. The number of phenolic OH excluding ortho intramolecular Hbond substituents is 1. The summed E-state index contributed by atoms with van der Waals surface area (Å²) in [7, 11) is -4.15. The van der Waals surface area contributed by atoms with Gasteiger partial charge in [-0.3, -0.25) is 4.79 Å². The Balaban J connectivity index is 1.74. The molecule has 0 radical (unpaired) electrons. The maximum absolute atomic E-state index is 14.4. The molecule has 5 nitrogen and oxygen atoms in total. The number of rotatable bonds is 4. The molecule has 1 fully saturated rings. The Morgan fingerprint density at radius 1 is 1.25 bits per heavy atom. The average molecular weight is 440 g/mol. The second-order valence-electron chi connectivity index (χ2n) is 6.61. The fraction of sp³-hybridized carbons (Fsp3) is 0.211. The molecule has 28 heavy (non-hydrogen) atoms. The molecule has 146 valence electrons. The Kier molecular flexibility index (Phi) is 4.81. The Hall–Kier alpha value is -2.16. The number of thiophene rings is 1. The molecule has 4 rings (SSSR count). The molecule has 1 N–H and O–H groups in total. The van der Waals surface area contributed by atoms with Gasteiger partial charge in [0.05, 0.1) is 10.8 Å². The van der Waals surface area contributed by atoms with E-state index in [4.69, 9.17) is 11.6 Å². The Morgan fingerprint density at radius 3 is 2.68 bits per heavy atom. The van der Waals surface area contributed by atoms with Crippen LogP contribution in [0.1, 0.15) is 22.3 Å². The molecule has 9 heteroatoms. The summed E-state index contributed by atoms with van der Waals surface area (Å²) in [5.41, 5.74) is 0.0655. The van der Waals surface area contributed by atoms with E-state index in [0.717, 1.165) is 17.9 Å². The highest BCUT2D eigenvalue weighted by Crippen LogP contribution is 2.35. The van der Waals surface area contributed by atoms with E-state index in [9.17, 15) is 22.7 Å². The minimum Gasteiger partial charge on any atom is -0.505 e. The van der Waals surface area contributed by atoms with Crippen LogP contribution in [-0.4, -0.2) is 37.4 Å². The van der Waals surface area contributed by atoms with Gasteiger partial charge in [0.25, 0.3) is 5.91 Å². The quantitative estimate of drug-likeness (QED) is 0.660. The number of carbonyl (C=O) groups excluding carboxylic acids is 1. The van der Waals surface area contributed by atoms with Gasteiger partial charge in [0, 0.05) is 28.9 Å². The lowest BCUT2D eigenvalue weighted by atomic mass is 10.1. The van der Waals surface area contributed by atoms with Gasteiger partial charge in [0.15, 0.2) is 15.6 Å². The predicted molar refractivity (Wildman–Crippen MR) is 106 cm³/mol. The number of benzene rings is 2. The largest absolute Gasteiger partial charge is 0.505 e. The molecule has 2 heterocycles. The van der Waals surface area contributed by atoms with Crippen molar-refractivity contribution < 1.29 is 22.7 Å². The van der Waals surface area contributed by atoms with Crippen LogP contribution in [-0.2, 0) is 15.6 Å². The van der Waals surface area contributed by atoms with Gasteiger partial charge in [-0.1, -0.05) is 11.6 Å². The van der Waals surface area contributed by atoms with Gasteiger partial charge < -0.3 is 10.0 Å². The van der Waals surface area contributed by atoms with Crippen molar-refractivity contribution in [1.82, 2.24) is 4.90 Å². The van der Waals surface area contributed by atoms with E-state index in [0.29, 0.717) is 17.8 Å². The standard InChI is InChI=1S/C19H15ClFNO4S2/c20-14-7-12(19(24)22-3-1-4-22)8-17(18(14)23)28(25,26)10-13-6-11-2-5-27-16(11)9-15(13)21/h2,5-9,23H,1,3-4,10H2. The van der Waals surface area contributed by atoms with Gasteiger partial charge >= 0.3 is 0 Å². The minimum absolute atomic E-state index is 0.0131. The molecule has 2 aromatic carbocycles. The van der Waals surface area contributed by atoms with Crippen molar-refractivity contribution in [1.29, 1.82) is 0 Å². The second-order valence-corrected chi connectivity index (χ2v) is 9.92. The van der Waals surface area contributed by atoms with Crippen LogP contribution >= 0.6 is 22.9 Å². The lowest BCUT2D eigenvalue weighted by molar-refractivity contribution is 0.0651. The molecule has 0 unspecified atom stereocenters. The van der Waals surface area contributed by atoms with Crippen LogP contribution in [0.4, 0.5) is 4.39 Å². The summed E-state index contributed by atoms with van der Waals surface area (Å²) in [6.45, 7) is 1.18. The zero-order valence-electron chi connectivity index (χ0n) is 14.5. The van der Waals surface area contributed by atoms with Gasteiger partial charge in [0.1, 0.15) is 10.7 Å². The number of halogens is 2. The van der Waals surface area contributed by atoms with Gasteiger partial charge in [-0.15, -0.1) is 11.3 Å². The van der Waals surface area contributed by atoms with Crippen molar-refractivity contribution in [3.05, 3.63) is 57.7 Å². The Morgan fingerprint density at radius 2 is 2.00 bits per heavy atom. The number of hydrogen-bond donors (Lipinski definition) is 1. The molecule has 0 bridgehead atoms. The average Bonchev–Trinajstić information content (AvgIpc) is 3.02. The number of nitrogens with zero attached hydrogens (tertiary/aromatic N) is 1. The number of carbonyl (C=O) groups is 1. The zero-order chi connectivity index (χ0) is 20.1. The first-order valence-electron chi connectivity index (χ1n) is 8.46. The monoisotopic (exact) mass is 439 g/mol. The van der Waals surface area contributed by atoms with Crippen LogP contribution in [0, 0.1) is 5.82 Å². The van der Waals surface area contributed by atoms with Crippen molar-refractivity contribution in [2.24, 2.45) is 0 Å². The van der Waals surface area contributed by atoms with Crippen LogP contribution in [0.5, 0.6) is 5.75 Å². The molecule has 1 amide bonds. The fourth-order valence-corrected chi connectivity index (χ4v) is 5.63. The van der Waals surface area contributed by atoms with E-state index in [2.05, 4.69) is 0 Å². The number of likely N-dealkylation sites (tertiary alicyclic amines) is 1. The SMILES string of the molecule is O=C(c1cc(Cl)c(O)c(S(=O)(=O)Cc2cc3ccsc3cc2F)c1)N1CCC1. The van der Waals surface area contributed by atoms with Crippen LogP contribution in [0.2, 0.25) is 5.02 Å². The van der Waals surface area contributed by atoms with Crippen LogP contribution in [0.15, 0.2) is 40.6 Å². The number of fused-ring (bicyclic) bond motifs is 1. The lowest BCUT2D eigenvalue weighted by Gasteiger charge is -2.31. The summed E-state index contributed by atoms with van der Waals surface area (Å²) >= 11 is 7.33. The topological polar surface area (TPSA) is 74.7 Å². The van der Waals surface area contributed by atoms with E-state index in [1.54, 1.807) is 16.3 Å². The molecular formula is C19H15ClFNO4S2. The van der Waals surface area contributed by atoms with E-state index >= 15 is 0 Å². The highest BCUT2D eigenvalue weighted by Gasteiger charge is 2.28. The van der Waals surface area contributed by atoms with Gasteiger partial charge in [0.2, 0.25) is 0 Å². The summed E-state index contributed by atoms with van der Waals surface area (Å²) in [6, 6.07) is 6.90. The van der Waals surface area contributed by atoms with Gasteiger partial charge in [-0.2, -0.15) is 0 Å². The molecule has 1 aliphatic rings. The highest BCUT2D eigenvalue weighted by atomic mass is 35.5. The molecule has 3 aromatic rings. The number of sulfone groups is 1. The molecule has 0 spiro atoms. The molecular weight excluding hydrogens is 425 g/mol. The first-order valence-corrected chi connectivity index (χ1v) is 11.4. The number of phenols is 1. The fourth-order valence-electron chi connectivity index (χ4n) is 3.06. The summed E-state index contributed by atoms with van der Waals surface area (Å²) in [5, 5.41) is 12.5. The summed E-state index contributed by atoms with van der Waals surface area (Å²) in [4.78, 5) is 13.5. The lowest BCUT2D eigenvalue weighted by Crippen LogP contribution is -2.42. The predicted octanol–water partition coefficient (Wildman–Crippen LogP) is 4.22. The second kappa shape index (κ2) is 7.02. The van der Waals surface area contributed by atoms with Crippen molar-refractivity contribution in [2.45, 2.75) is 17.1 Å². The molecule has 1 saturated heterocycles. The summed E-state index contributed by atoms with van der Waals surface area (Å²) in [6.07, 6.45) is 0.882. The maximum atomic E-state index is 14.4. The van der Waals surface area contributed by atoms with Crippen LogP contribution in [0.25, 0.3) is 10.1 Å². The van der Waals surface area contributed by atoms with Crippen molar-refractivity contribution >= 4 is 48.8 Å². The third-order valence-corrected chi connectivity index (χ3v) is 7.56. The van der Waals surface area contributed by atoms with E-state index < -0.39 is 32.1 Å². The van der Waals surface area contributed by atoms with Crippen molar-refractivity contribution in [3.8, 4) is 5.75 Å². The van der Waals surface area contributed by atoms with Crippen LogP contribution < -0.4 is 0 Å². The maximum Gasteiger partial charge on any atom is 0.253 e. The number of amides is 1. The first-order chi connectivity index (χ1) is 13.3. The zero-order valence-corrected chi connectivity index (χ0v) is 16.9. The molecule has 0 atom stereocenters. The number of aromatic hydroxyl groups is 1. The Bertz CT molecular complexity index is 1200. The molecule has 0 saturated carbocycles. The molecule has 1 aliphatic heterocycles. The van der Waals surface area contributed by atoms with Gasteiger partial charge in [-0.05, 0) is 47.5 Å². The summed E-state index contributed by atoms with van der Waals surface area (Å²) in [5.74, 6) is -2.29. The van der Waals surface area contributed by atoms with E-state index in [-0.39, 0.29) is 22.1 Å². The third-order valence-electron chi connectivity index (χ3n) is 4.72. The van der Waals surface area contributed by atoms with Gasteiger partial charge in [-0.25, -0.2) is 12.8 Å². The van der Waals surface area contributed by atoms with Crippen LogP contribution in [0.3, 0.4) is 0 Å². The normalized spacial score (nSPS) is 14.3. The highest BCUT2D eigenvalue weighted by molar-refractivity contribution is 7.90. The van der Waals surface area contributed by atoms with Crippen molar-refractivity contribution in [3.63, 3.8) is 0 Å². The minimum atomic E-state index is -4.15. The van der Waals surface area contributed by atoms with Crippen molar-refractivity contribution in [2.75, 3.05) is 13.1 Å². The smallest absolute Gasteiger partial charge is 0.253 e. The first kappa shape index (κ1) is 19.2.